The maximum atomic E-state index is 13.6. The SMILES string of the molecule is CC(OC(=O)OCC(O)CO)OC(=O)C1=C(/C=N/N(C)C(N)=NC2CCC(N)CC2)CSC2C(NC(=O)/C(=N\OCF)c3nsc(N)n3)C(=O)N12. The molecule has 0 bridgehead atoms. The molecule has 1 saturated heterocycles. The molecule has 3 aliphatic rings. The van der Waals surface area contributed by atoms with Crippen molar-refractivity contribution in [3.8, 4) is 0 Å². The van der Waals surface area contributed by atoms with Crippen LogP contribution in [-0.2, 0) is 33.4 Å². The maximum absolute atomic E-state index is 13.6. The van der Waals surface area contributed by atoms with Crippen LogP contribution < -0.4 is 22.5 Å². The average molecular weight is 760 g/mol. The molecule has 51 heavy (non-hydrogen) atoms. The Morgan fingerprint density at radius 1 is 1.25 bits per heavy atom. The molecule has 4 unspecified atom stereocenters. The third-order valence-corrected chi connectivity index (χ3v) is 9.31. The van der Waals surface area contributed by atoms with Crippen molar-refractivity contribution in [2.24, 2.45) is 26.7 Å². The van der Waals surface area contributed by atoms with Gasteiger partial charge in [0.2, 0.25) is 23.8 Å². The van der Waals surface area contributed by atoms with E-state index in [1.807, 2.05) is 0 Å². The number of nitrogen functional groups attached to an aromatic ring is 1. The van der Waals surface area contributed by atoms with Crippen molar-refractivity contribution in [2.45, 2.75) is 68.5 Å². The number of guanidine groups is 1. The van der Waals surface area contributed by atoms with Crippen molar-refractivity contribution in [1.82, 2.24) is 24.6 Å². The van der Waals surface area contributed by atoms with Gasteiger partial charge in [0.1, 0.15) is 29.8 Å². The van der Waals surface area contributed by atoms with Gasteiger partial charge in [-0.25, -0.2) is 24.0 Å². The number of thioether (sulfide) groups is 1. The highest BCUT2D eigenvalue weighted by atomic mass is 32.2. The summed E-state index contributed by atoms with van der Waals surface area (Å²) in [4.78, 5) is 66.0. The van der Waals surface area contributed by atoms with Gasteiger partial charge in [0, 0.05) is 42.9 Å². The summed E-state index contributed by atoms with van der Waals surface area (Å²) < 4.78 is 31.4. The van der Waals surface area contributed by atoms with Gasteiger partial charge in [-0.3, -0.25) is 14.5 Å². The first-order valence-corrected chi connectivity index (χ1v) is 17.2. The first-order chi connectivity index (χ1) is 24.3. The summed E-state index contributed by atoms with van der Waals surface area (Å²) in [6, 6.07) is -1.10. The Hall–Kier alpha value is -4.65. The number of anilines is 1. The highest BCUT2D eigenvalue weighted by Gasteiger charge is 2.55. The fraction of sp³-hybridized carbons (Fsp3) is 0.593. The Labute approximate surface area is 298 Å². The van der Waals surface area contributed by atoms with E-state index in [1.54, 1.807) is 7.05 Å². The Bertz CT molecular complexity index is 1570. The van der Waals surface area contributed by atoms with Crippen LogP contribution in [0, 0.1) is 0 Å². The summed E-state index contributed by atoms with van der Waals surface area (Å²) in [5.41, 5.74) is 17.1. The molecule has 4 atom stereocenters. The number of aliphatic hydroxyl groups is 2. The minimum atomic E-state index is -1.54. The van der Waals surface area contributed by atoms with Crippen LogP contribution in [0.5, 0.6) is 0 Å². The van der Waals surface area contributed by atoms with Gasteiger partial charge < -0.3 is 51.8 Å². The minimum Gasteiger partial charge on any atom is -0.431 e. The van der Waals surface area contributed by atoms with Gasteiger partial charge in [-0.05, 0) is 25.7 Å². The van der Waals surface area contributed by atoms with E-state index in [1.165, 1.54) is 29.9 Å². The predicted molar refractivity (Wildman–Crippen MR) is 179 cm³/mol. The standard InChI is InChI=1S/C27H38FN11O10S2/c1-12(49-27(45)46-9-16(41)8-40)48-24(44)19-13(7-32-38(2)25(30)33-15-5-3-14(29)4-6-15)10-50-23-18(22(43)39(19)23)34-21(42)17(36-47-11-28)20-35-26(31)51-37-20/h7,12,14-16,18,23,40-41H,3-6,8-11,29H2,1-2H3,(H2,30,33)(H,34,42)(H2,31,35,37)/b32-7+,36-17-. The molecule has 21 nitrogen and oxygen atoms in total. The molecular formula is C27H38FN11O10S2. The molecule has 1 saturated carbocycles. The summed E-state index contributed by atoms with van der Waals surface area (Å²) in [6.07, 6.45) is 0.280. The highest BCUT2D eigenvalue weighted by molar-refractivity contribution is 8.00. The quantitative estimate of drug-likeness (QED) is 0.0308. The van der Waals surface area contributed by atoms with E-state index in [0.717, 1.165) is 42.1 Å². The van der Waals surface area contributed by atoms with E-state index in [4.69, 9.17) is 31.8 Å². The number of hydrogen-bond donors (Lipinski definition) is 6. The average Bonchev–Trinajstić information content (AvgIpc) is 3.54. The van der Waals surface area contributed by atoms with Crippen LogP contribution in [0.3, 0.4) is 0 Å². The topological polar surface area (TPSA) is 305 Å². The number of β-lactam (4-membered cyclic amide) rings is 1. The number of hydrazone groups is 1. The highest BCUT2D eigenvalue weighted by Crippen LogP contribution is 2.40. The summed E-state index contributed by atoms with van der Waals surface area (Å²) in [7, 11) is 1.55. The number of fused-ring (bicyclic) bond motifs is 1. The first kappa shape index (κ1) is 39.1. The minimum absolute atomic E-state index is 0.00594. The van der Waals surface area contributed by atoms with E-state index in [-0.39, 0.29) is 46.0 Å². The van der Waals surface area contributed by atoms with Crippen LogP contribution in [-0.4, -0.2) is 140 Å². The van der Waals surface area contributed by atoms with E-state index >= 15 is 0 Å². The van der Waals surface area contributed by atoms with Crippen LogP contribution in [0.25, 0.3) is 0 Å². The number of oxime groups is 1. The number of aliphatic imine (C=N–C) groups is 1. The number of ether oxygens (including phenoxy) is 3. The van der Waals surface area contributed by atoms with Gasteiger partial charge in [0.25, 0.3) is 18.7 Å². The number of nitrogens with two attached hydrogens (primary N) is 3. The molecule has 1 aliphatic carbocycles. The number of nitrogens with zero attached hydrogens (tertiary/aromatic N) is 7. The molecule has 280 valence electrons. The third-order valence-electron chi connectivity index (χ3n) is 7.47. The lowest BCUT2D eigenvalue weighted by atomic mass is 9.92. The van der Waals surface area contributed by atoms with Crippen molar-refractivity contribution < 1.29 is 52.8 Å². The summed E-state index contributed by atoms with van der Waals surface area (Å²) in [5, 5.41) is 28.9. The van der Waals surface area contributed by atoms with Crippen molar-refractivity contribution in [2.75, 3.05) is 38.6 Å². The van der Waals surface area contributed by atoms with E-state index < -0.39 is 73.5 Å². The molecule has 0 aromatic carbocycles. The summed E-state index contributed by atoms with van der Waals surface area (Å²) in [6.45, 7) is -1.41. The van der Waals surface area contributed by atoms with Crippen molar-refractivity contribution in [1.29, 1.82) is 0 Å². The number of rotatable bonds is 14. The molecule has 2 fully saturated rings. The normalized spacial score (nSPS) is 23.6. The van der Waals surface area contributed by atoms with Crippen LogP contribution >= 0.6 is 23.3 Å². The van der Waals surface area contributed by atoms with E-state index in [0.29, 0.717) is 0 Å². The fourth-order valence-electron chi connectivity index (χ4n) is 4.88. The van der Waals surface area contributed by atoms with Gasteiger partial charge in [-0.2, -0.15) is 14.5 Å². The van der Waals surface area contributed by atoms with Crippen LogP contribution in [0.2, 0.25) is 0 Å². The zero-order valence-electron chi connectivity index (χ0n) is 27.4. The van der Waals surface area contributed by atoms with Crippen LogP contribution in [0.1, 0.15) is 38.4 Å². The second kappa shape index (κ2) is 18.0. The zero-order chi connectivity index (χ0) is 37.2. The molecule has 2 aliphatic heterocycles. The molecule has 24 heteroatoms. The number of amides is 2. The molecule has 4 rings (SSSR count). The number of aliphatic hydroxyl groups excluding tert-OH is 2. The molecule has 0 spiro atoms. The number of esters is 1. The van der Waals surface area contributed by atoms with Gasteiger partial charge in [0.15, 0.2) is 5.13 Å². The van der Waals surface area contributed by atoms with Gasteiger partial charge >= 0.3 is 12.1 Å². The molecule has 2 amide bonds. The lowest BCUT2D eigenvalue weighted by Gasteiger charge is -2.49. The Kier molecular flexibility index (Phi) is 13.8. The number of nitrogens with one attached hydrogen (secondary N) is 1. The predicted octanol–water partition coefficient (Wildman–Crippen LogP) is -1.68. The monoisotopic (exact) mass is 759 g/mol. The second-order valence-electron chi connectivity index (χ2n) is 11.2. The number of alkyl halides is 1. The summed E-state index contributed by atoms with van der Waals surface area (Å²) >= 11 is 1.92. The molecule has 0 radical (unpaired) electrons. The molecule has 3 heterocycles. The second-order valence-corrected chi connectivity index (χ2v) is 13.1. The van der Waals surface area contributed by atoms with E-state index in [2.05, 4.69) is 39.5 Å². The lowest BCUT2D eigenvalue weighted by Crippen LogP contribution is -2.71. The van der Waals surface area contributed by atoms with Crippen LogP contribution in [0.15, 0.2) is 26.5 Å². The zero-order valence-corrected chi connectivity index (χ0v) is 29.0. The number of halogens is 1. The molecule has 1 aromatic rings. The number of carbonyl (C=O) groups excluding carboxylic acids is 4. The van der Waals surface area contributed by atoms with Crippen LogP contribution in [0.4, 0.5) is 14.3 Å². The fourth-order valence-corrected chi connectivity index (χ4v) is 6.61. The lowest BCUT2D eigenvalue weighted by molar-refractivity contribution is -0.169. The van der Waals surface area contributed by atoms with Gasteiger partial charge in [-0.15, -0.1) is 11.8 Å². The summed E-state index contributed by atoms with van der Waals surface area (Å²) in [5.74, 6) is -2.90. The smallest absolute Gasteiger partial charge is 0.431 e. The van der Waals surface area contributed by atoms with Gasteiger partial charge in [0.05, 0.1) is 18.9 Å². The molecule has 1 aromatic heterocycles. The Balaban J connectivity index is 1.54. The number of aromatic nitrogens is 2. The first-order valence-electron chi connectivity index (χ1n) is 15.4. The number of carbonyl (C=O) groups is 4. The van der Waals surface area contributed by atoms with E-state index in [9.17, 15) is 28.7 Å². The Morgan fingerprint density at radius 2 is 1.98 bits per heavy atom. The molecular weight excluding hydrogens is 721 g/mol. The van der Waals surface area contributed by atoms with Crippen molar-refractivity contribution in [3.63, 3.8) is 0 Å². The third kappa shape index (κ3) is 10.2. The Morgan fingerprint density at radius 3 is 2.63 bits per heavy atom. The largest absolute Gasteiger partial charge is 0.511 e. The van der Waals surface area contributed by atoms with Crippen molar-refractivity contribution in [3.05, 3.63) is 17.1 Å². The van der Waals surface area contributed by atoms with Gasteiger partial charge in [-0.1, -0.05) is 5.16 Å². The molecule has 9 N–H and O–H groups in total. The number of hydrogen-bond acceptors (Lipinski definition) is 19. The maximum Gasteiger partial charge on any atom is 0.511 e. The van der Waals surface area contributed by atoms with Crippen molar-refractivity contribution >= 4 is 70.3 Å².